The van der Waals surface area contributed by atoms with Crippen LogP contribution in [0, 0.1) is 11.3 Å². The predicted molar refractivity (Wildman–Crippen MR) is 97.3 cm³/mol. The Morgan fingerprint density at radius 2 is 1.67 bits per heavy atom. The van der Waals surface area contributed by atoms with E-state index in [1.165, 1.54) is 11.8 Å². The summed E-state index contributed by atoms with van der Waals surface area (Å²) < 4.78 is 0. The molecule has 24 heavy (non-hydrogen) atoms. The van der Waals surface area contributed by atoms with Crippen molar-refractivity contribution in [3.63, 3.8) is 0 Å². The number of nitrogen functional groups attached to an aromatic ring is 1. The number of nitriles is 1. The van der Waals surface area contributed by atoms with Gasteiger partial charge in [0.25, 0.3) is 5.91 Å². The summed E-state index contributed by atoms with van der Waals surface area (Å²) >= 11 is 0. The highest BCUT2D eigenvalue weighted by Crippen LogP contribution is 2.17. The molecule has 5 nitrogen and oxygen atoms in total. The Labute approximate surface area is 141 Å². The Kier molecular flexibility index (Phi) is 5.58. The first-order valence-corrected chi connectivity index (χ1v) is 7.63. The molecule has 0 fully saturated rings. The summed E-state index contributed by atoms with van der Waals surface area (Å²) in [5, 5.41) is 14.8. The van der Waals surface area contributed by atoms with Crippen LogP contribution in [0.2, 0.25) is 0 Å². The summed E-state index contributed by atoms with van der Waals surface area (Å²) in [4.78, 5) is 12.2. The number of carbonyl (C=O) groups excluding carboxylic acids is 1. The first-order chi connectivity index (χ1) is 11.5. The van der Waals surface area contributed by atoms with Gasteiger partial charge in [-0.25, -0.2) is 0 Å². The first kappa shape index (κ1) is 17.1. The lowest BCUT2D eigenvalue weighted by Gasteiger charge is -2.08. The Balaban J connectivity index is 2.04. The molecule has 2 rings (SSSR count). The molecule has 0 radical (unpaired) electrons. The molecule has 5 heteroatoms. The molecular formula is C19H20N4O. The van der Waals surface area contributed by atoms with Crippen molar-refractivity contribution in [1.82, 2.24) is 0 Å². The molecule has 0 bridgehead atoms. The molecule has 0 spiro atoms. The fourth-order valence-electron chi connectivity index (χ4n) is 2.03. The minimum atomic E-state index is -0.460. The van der Waals surface area contributed by atoms with Crippen LogP contribution in [0.5, 0.6) is 0 Å². The van der Waals surface area contributed by atoms with E-state index in [-0.39, 0.29) is 5.57 Å². The van der Waals surface area contributed by atoms with E-state index in [4.69, 9.17) is 5.73 Å². The monoisotopic (exact) mass is 320 g/mol. The number of nitrogens with zero attached hydrogens (tertiary/aromatic N) is 1. The second kappa shape index (κ2) is 7.84. The molecule has 0 aliphatic rings. The Morgan fingerprint density at radius 3 is 2.21 bits per heavy atom. The van der Waals surface area contributed by atoms with Crippen LogP contribution in [0.4, 0.5) is 17.1 Å². The summed E-state index contributed by atoms with van der Waals surface area (Å²) in [7, 11) is 0. The van der Waals surface area contributed by atoms with Gasteiger partial charge in [0.05, 0.1) is 0 Å². The van der Waals surface area contributed by atoms with Gasteiger partial charge in [-0.3, -0.25) is 4.79 Å². The molecule has 0 unspecified atom stereocenters. The average molecular weight is 320 g/mol. The van der Waals surface area contributed by atoms with Gasteiger partial charge >= 0.3 is 0 Å². The summed E-state index contributed by atoms with van der Waals surface area (Å²) in [5.41, 5.74) is 8.83. The number of carbonyl (C=O) groups is 1. The van der Waals surface area contributed by atoms with Gasteiger partial charge in [-0.1, -0.05) is 26.0 Å². The Hall–Kier alpha value is -3.26. The van der Waals surface area contributed by atoms with Crippen LogP contribution in [0.15, 0.2) is 60.3 Å². The zero-order valence-electron chi connectivity index (χ0n) is 13.7. The lowest BCUT2D eigenvalue weighted by molar-refractivity contribution is -0.112. The van der Waals surface area contributed by atoms with Crippen molar-refractivity contribution in [2.24, 2.45) is 0 Å². The van der Waals surface area contributed by atoms with Crippen LogP contribution in [-0.4, -0.2) is 5.91 Å². The maximum Gasteiger partial charge on any atom is 0.267 e. The van der Waals surface area contributed by atoms with Gasteiger partial charge in [0.15, 0.2) is 0 Å². The summed E-state index contributed by atoms with van der Waals surface area (Å²) in [6.07, 6.45) is 1.38. The van der Waals surface area contributed by atoms with Gasteiger partial charge in [0.2, 0.25) is 0 Å². The molecule has 122 valence electrons. The topological polar surface area (TPSA) is 90.9 Å². The molecule has 0 saturated carbocycles. The van der Waals surface area contributed by atoms with Gasteiger partial charge in [0.1, 0.15) is 11.6 Å². The lowest BCUT2D eigenvalue weighted by atomic mass is 10.0. The number of hydrogen-bond acceptors (Lipinski definition) is 4. The van der Waals surface area contributed by atoms with E-state index in [2.05, 4.69) is 24.5 Å². The van der Waals surface area contributed by atoms with Gasteiger partial charge in [-0.15, -0.1) is 0 Å². The van der Waals surface area contributed by atoms with Gasteiger partial charge < -0.3 is 16.4 Å². The normalized spacial score (nSPS) is 11.0. The largest absolute Gasteiger partial charge is 0.399 e. The van der Waals surface area contributed by atoms with E-state index in [1.807, 2.05) is 30.3 Å². The van der Waals surface area contributed by atoms with Crippen LogP contribution < -0.4 is 16.4 Å². The van der Waals surface area contributed by atoms with Crippen LogP contribution in [0.1, 0.15) is 25.3 Å². The maximum atomic E-state index is 12.2. The number of hydrogen-bond donors (Lipinski definition) is 3. The molecule has 0 saturated heterocycles. The smallest absolute Gasteiger partial charge is 0.267 e. The molecule has 0 atom stereocenters. The van der Waals surface area contributed by atoms with Crippen LogP contribution in [0.25, 0.3) is 0 Å². The number of rotatable bonds is 5. The van der Waals surface area contributed by atoms with Crippen molar-refractivity contribution in [2.75, 3.05) is 16.4 Å². The van der Waals surface area contributed by atoms with Crippen molar-refractivity contribution in [3.05, 3.63) is 65.9 Å². The quantitative estimate of drug-likeness (QED) is 0.443. The lowest BCUT2D eigenvalue weighted by Crippen LogP contribution is -2.14. The molecule has 2 aromatic rings. The number of nitrogens with one attached hydrogen (secondary N) is 2. The van der Waals surface area contributed by atoms with E-state index in [9.17, 15) is 10.1 Å². The molecule has 0 aliphatic heterocycles. The molecule has 2 aromatic carbocycles. The van der Waals surface area contributed by atoms with E-state index in [0.29, 0.717) is 17.3 Å². The van der Waals surface area contributed by atoms with Crippen LogP contribution in [0.3, 0.4) is 0 Å². The molecular weight excluding hydrogens is 300 g/mol. The van der Waals surface area contributed by atoms with Crippen molar-refractivity contribution < 1.29 is 4.79 Å². The highest BCUT2D eigenvalue weighted by atomic mass is 16.1. The van der Waals surface area contributed by atoms with Crippen LogP contribution in [-0.2, 0) is 4.79 Å². The fourth-order valence-corrected chi connectivity index (χ4v) is 2.03. The number of benzene rings is 2. The van der Waals surface area contributed by atoms with Crippen LogP contribution >= 0.6 is 0 Å². The predicted octanol–water partition coefficient (Wildman–Crippen LogP) is 3.85. The Bertz CT molecular complexity index is 769. The minimum absolute atomic E-state index is 0.0141. The number of amides is 1. The minimum Gasteiger partial charge on any atom is -0.399 e. The maximum absolute atomic E-state index is 12.2. The van der Waals surface area contributed by atoms with Crippen molar-refractivity contribution in [3.8, 4) is 6.07 Å². The molecule has 4 N–H and O–H groups in total. The third-order valence-corrected chi connectivity index (χ3v) is 3.49. The standard InChI is InChI=1S/C19H20N4O/c1-13(2)14-3-7-18(8-4-14)23-19(24)15(11-20)12-22-17-9-5-16(21)6-10-17/h3-10,12-13,22H,21H2,1-2H3,(H,23,24)/b15-12-. The zero-order valence-corrected chi connectivity index (χ0v) is 13.7. The molecule has 0 heterocycles. The van der Waals surface area contributed by atoms with E-state index >= 15 is 0 Å². The van der Waals surface area contributed by atoms with Crippen molar-refractivity contribution in [1.29, 1.82) is 5.26 Å². The van der Waals surface area contributed by atoms with Crippen molar-refractivity contribution >= 4 is 23.0 Å². The number of anilines is 3. The molecule has 1 amide bonds. The summed E-state index contributed by atoms with van der Waals surface area (Å²) in [6.45, 7) is 4.21. The molecule has 0 aromatic heterocycles. The second-order valence-corrected chi connectivity index (χ2v) is 5.67. The van der Waals surface area contributed by atoms with Gasteiger partial charge in [0, 0.05) is 23.3 Å². The Morgan fingerprint density at radius 1 is 1.08 bits per heavy atom. The average Bonchev–Trinajstić information content (AvgIpc) is 2.57. The van der Waals surface area contributed by atoms with Gasteiger partial charge in [-0.2, -0.15) is 5.26 Å². The third kappa shape index (κ3) is 4.62. The van der Waals surface area contributed by atoms with Crippen molar-refractivity contribution in [2.45, 2.75) is 19.8 Å². The SMILES string of the molecule is CC(C)c1ccc(NC(=O)/C(C#N)=C\Nc2ccc(N)cc2)cc1. The highest BCUT2D eigenvalue weighted by molar-refractivity contribution is 6.06. The fraction of sp³-hybridized carbons (Fsp3) is 0.158. The van der Waals surface area contributed by atoms with E-state index in [0.717, 1.165) is 5.69 Å². The first-order valence-electron chi connectivity index (χ1n) is 7.63. The van der Waals surface area contributed by atoms with Gasteiger partial charge in [-0.05, 0) is 47.9 Å². The molecule has 0 aliphatic carbocycles. The third-order valence-electron chi connectivity index (χ3n) is 3.49. The van der Waals surface area contributed by atoms with E-state index < -0.39 is 5.91 Å². The number of nitrogens with two attached hydrogens (primary N) is 1. The highest BCUT2D eigenvalue weighted by Gasteiger charge is 2.09. The second-order valence-electron chi connectivity index (χ2n) is 5.67. The summed E-state index contributed by atoms with van der Waals surface area (Å²) in [5.74, 6) is -0.0360. The zero-order chi connectivity index (χ0) is 17.5. The van der Waals surface area contributed by atoms with E-state index in [1.54, 1.807) is 24.3 Å². The summed E-state index contributed by atoms with van der Waals surface area (Å²) in [6, 6.07) is 16.5.